The Hall–Kier alpha value is -2.18. The van der Waals surface area contributed by atoms with Crippen molar-refractivity contribution in [3.63, 3.8) is 0 Å². The molecule has 0 amide bonds. The summed E-state index contributed by atoms with van der Waals surface area (Å²) in [5, 5.41) is 9.87. The summed E-state index contributed by atoms with van der Waals surface area (Å²) >= 11 is 0. The second-order valence-electron chi connectivity index (χ2n) is 6.80. The molecule has 0 aliphatic carbocycles. The van der Waals surface area contributed by atoms with Gasteiger partial charge in [0.2, 0.25) is 0 Å². The summed E-state index contributed by atoms with van der Waals surface area (Å²) in [5.41, 5.74) is 1.02. The molecule has 0 fully saturated rings. The monoisotopic (exact) mass is 345 g/mol. The van der Waals surface area contributed by atoms with Crippen LogP contribution in [-0.2, 0) is 27.2 Å². The van der Waals surface area contributed by atoms with Gasteiger partial charge in [0, 0.05) is 45.0 Å². The molecule has 1 heterocycles. The zero-order valence-corrected chi connectivity index (χ0v) is 15.3. The smallest absolute Gasteiger partial charge is 0.330 e. The van der Waals surface area contributed by atoms with Crippen LogP contribution in [0.25, 0.3) is 0 Å². The summed E-state index contributed by atoms with van der Waals surface area (Å²) in [7, 11) is 3.13. The Labute approximate surface area is 148 Å². The van der Waals surface area contributed by atoms with Gasteiger partial charge in [0.25, 0.3) is 5.56 Å². The number of nitrogens with zero attached hydrogens (tertiary/aromatic N) is 3. The van der Waals surface area contributed by atoms with Crippen LogP contribution in [0.15, 0.2) is 46.1 Å². The van der Waals surface area contributed by atoms with Crippen molar-refractivity contribution in [3.05, 3.63) is 68.5 Å². The molecule has 1 N–H and O–H groups in total. The number of aromatic nitrogens is 2. The average molecular weight is 345 g/mol. The van der Waals surface area contributed by atoms with Crippen LogP contribution < -0.4 is 11.2 Å². The first-order valence-electron chi connectivity index (χ1n) is 8.49. The molecular formula is C19H27N3O3. The minimum atomic E-state index is -0.342. The van der Waals surface area contributed by atoms with E-state index in [1.165, 1.54) is 11.6 Å². The molecule has 0 bridgehead atoms. The van der Waals surface area contributed by atoms with E-state index < -0.39 is 0 Å². The van der Waals surface area contributed by atoms with Crippen LogP contribution in [-0.4, -0.2) is 31.8 Å². The van der Waals surface area contributed by atoms with Gasteiger partial charge in [-0.05, 0) is 11.5 Å². The van der Waals surface area contributed by atoms with E-state index in [1.807, 2.05) is 30.3 Å². The molecule has 0 radical (unpaired) electrons. The van der Waals surface area contributed by atoms with Gasteiger partial charge in [-0.1, -0.05) is 44.2 Å². The molecular weight excluding hydrogens is 318 g/mol. The van der Waals surface area contributed by atoms with Gasteiger partial charge in [-0.2, -0.15) is 0 Å². The Balaban J connectivity index is 2.39. The number of rotatable bonds is 7. The van der Waals surface area contributed by atoms with Gasteiger partial charge in [-0.15, -0.1) is 0 Å². The van der Waals surface area contributed by atoms with Gasteiger partial charge in [0.05, 0.1) is 6.61 Å². The van der Waals surface area contributed by atoms with Crippen LogP contribution in [0.5, 0.6) is 0 Å². The van der Waals surface area contributed by atoms with Crippen molar-refractivity contribution in [1.82, 2.24) is 14.0 Å². The van der Waals surface area contributed by atoms with Crippen LogP contribution in [0.4, 0.5) is 0 Å². The maximum atomic E-state index is 12.5. The second-order valence-corrected chi connectivity index (χ2v) is 6.80. The normalized spacial score (nSPS) is 12.8. The van der Waals surface area contributed by atoms with Crippen molar-refractivity contribution in [1.29, 1.82) is 0 Å². The number of aryl methyl sites for hydroxylation is 1. The fourth-order valence-corrected chi connectivity index (χ4v) is 3.07. The maximum absolute atomic E-state index is 12.5. The fourth-order valence-electron chi connectivity index (χ4n) is 3.07. The molecule has 1 unspecified atom stereocenters. The Morgan fingerprint density at radius 2 is 1.72 bits per heavy atom. The summed E-state index contributed by atoms with van der Waals surface area (Å²) in [6.45, 7) is 5.11. The minimum absolute atomic E-state index is 0.0105. The third-order valence-electron chi connectivity index (χ3n) is 4.55. The molecule has 0 saturated carbocycles. The highest BCUT2D eigenvalue weighted by molar-refractivity contribution is 5.15. The SMILES string of the molecule is CC(C)C(CO)N(Cc1ccccc1)Cc1cn(C)c(=O)n(C)c1=O. The highest BCUT2D eigenvalue weighted by atomic mass is 16.3. The van der Waals surface area contributed by atoms with Crippen LogP contribution in [0.2, 0.25) is 0 Å². The Morgan fingerprint density at radius 3 is 2.28 bits per heavy atom. The Kier molecular flexibility index (Phi) is 6.33. The van der Waals surface area contributed by atoms with Crippen LogP contribution in [0.3, 0.4) is 0 Å². The third-order valence-corrected chi connectivity index (χ3v) is 4.55. The van der Waals surface area contributed by atoms with E-state index in [-0.39, 0.29) is 29.8 Å². The average Bonchev–Trinajstić information content (AvgIpc) is 2.59. The number of hydrogen-bond donors (Lipinski definition) is 1. The zero-order chi connectivity index (χ0) is 18.6. The van der Waals surface area contributed by atoms with Crippen molar-refractivity contribution in [2.75, 3.05) is 6.61 Å². The largest absolute Gasteiger partial charge is 0.395 e. The maximum Gasteiger partial charge on any atom is 0.330 e. The first-order chi connectivity index (χ1) is 11.8. The first-order valence-corrected chi connectivity index (χ1v) is 8.49. The van der Waals surface area contributed by atoms with Crippen molar-refractivity contribution >= 4 is 0 Å². The van der Waals surface area contributed by atoms with Crippen molar-refractivity contribution in [2.45, 2.75) is 33.0 Å². The van der Waals surface area contributed by atoms with E-state index >= 15 is 0 Å². The second kappa shape index (κ2) is 8.27. The Bertz CT molecular complexity index is 809. The number of aliphatic hydroxyl groups is 1. The van der Waals surface area contributed by atoms with Gasteiger partial charge in [0.15, 0.2) is 0 Å². The van der Waals surface area contributed by atoms with Crippen LogP contribution in [0, 0.1) is 5.92 Å². The molecule has 2 aromatic rings. The third kappa shape index (κ3) is 4.46. The van der Waals surface area contributed by atoms with E-state index in [0.717, 1.165) is 10.1 Å². The summed E-state index contributed by atoms with van der Waals surface area (Å²) in [5.74, 6) is 0.227. The van der Waals surface area contributed by atoms with Gasteiger partial charge >= 0.3 is 5.69 Å². The van der Waals surface area contributed by atoms with Crippen molar-refractivity contribution in [2.24, 2.45) is 20.0 Å². The minimum Gasteiger partial charge on any atom is -0.395 e. The molecule has 6 heteroatoms. The fraction of sp³-hybridized carbons (Fsp3) is 0.474. The molecule has 0 aliphatic rings. The van der Waals surface area contributed by atoms with Gasteiger partial charge in [-0.25, -0.2) is 4.79 Å². The molecule has 1 aromatic carbocycles. The predicted octanol–water partition coefficient (Wildman–Crippen LogP) is 1.10. The molecule has 0 aliphatic heterocycles. The standard InChI is InChI=1S/C19H27N3O3/c1-14(2)17(13-23)22(10-15-8-6-5-7-9-15)12-16-11-20(3)19(25)21(4)18(16)24/h5-9,11,14,17,23H,10,12-13H2,1-4H3. The summed E-state index contributed by atoms with van der Waals surface area (Å²) in [6.07, 6.45) is 1.59. The molecule has 0 saturated heterocycles. The van der Waals surface area contributed by atoms with E-state index in [4.69, 9.17) is 0 Å². The number of aliphatic hydroxyl groups excluding tert-OH is 1. The quantitative estimate of drug-likeness (QED) is 0.816. The van der Waals surface area contributed by atoms with E-state index in [0.29, 0.717) is 18.7 Å². The lowest BCUT2D eigenvalue weighted by atomic mass is 10.0. The highest BCUT2D eigenvalue weighted by Crippen LogP contribution is 2.17. The van der Waals surface area contributed by atoms with Crippen molar-refractivity contribution < 1.29 is 5.11 Å². The topological polar surface area (TPSA) is 67.5 Å². The first kappa shape index (κ1) is 19.1. The number of hydrogen-bond acceptors (Lipinski definition) is 4. The lowest BCUT2D eigenvalue weighted by Gasteiger charge is -2.33. The van der Waals surface area contributed by atoms with Crippen LogP contribution >= 0.6 is 0 Å². The van der Waals surface area contributed by atoms with E-state index in [1.54, 1.807) is 13.2 Å². The molecule has 25 heavy (non-hydrogen) atoms. The number of benzene rings is 1. The lowest BCUT2D eigenvalue weighted by Crippen LogP contribution is -2.44. The summed E-state index contributed by atoms with van der Waals surface area (Å²) in [4.78, 5) is 26.5. The van der Waals surface area contributed by atoms with Gasteiger partial charge in [0.1, 0.15) is 0 Å². The van der Waals surface area contributed by atoms with Crippen molar-refractivity contribution in [3.8, 4) is 0 Å². The van der Waals surface area contributed by atoms with E-state index in [9.17, 15) is 14.7 Å². The molecule has 136 valence electrons. The van der Waals surface area contributed by atoms with Gasteiger partial charge < -0.3 is 9.67 Å². The zero-order valence-electron chi connectivity index (χ0n) is 15.3. The van der Waals surface area contributed by atoms with E-state index in [2.05, 4.69) is 18.7 Å². The Morgan fingerprint density at radius 1 is 1.08 bits per heavy atom. The molecule has 6 nitrogen and oxygen atoms in total. The van der Waals surface area contributed by atoms with Gasteiger partial charge in [-0.3, -0.25) is 14.3 Å². The summed E-state index contributed by atoms with van der Waals surface area (Å²) < 4.78 is 2.54. The molecule has 1 atom stereocenters. The molecule has 2 rings (SSSR count). The van der Waals surface area contributed by atoms with Crippen LogP contribution in [0.1, 0.15) is 25.0 Å². The predicted molar refractivity (Wildman–Crippen MR) is 98.3 cm³/mol. The summed E-state index contributed by atoms with van der Waals surface area (Å²) in [6, 6.07) is 9.88. The highest BCUT2D eigenvalue weighted by Gasteiger charge is 2.23. The molecule has 1 aromatic heterocycles. The lowest BCUT2D eigenvalue weighted by molar-refractivity contribution is 0.0778. The molecule has 0 spiro atoms.